The van der Waals surface area contributed by atoms with Gasteiger partial charge in [0.05, 0.1) is 18.1 Å². The van der Waals surface area contributed by atoms with E-state index in [1.807, 2.05) is 18.2 Å². The number of methoxy groups -OCH3 is 1. The number of aliphatic hydroxyl groups is 1. The van der Waals surface area contributed by atoms with Gasteiger partial charge in [-0.25, -0.2) is 0 Å². The maximum atomic E-state index is 11.5. The first-order valence-corrected chi connectivity index (χ1v) is 6.80. The molecule has 0 spiro atoms. The molecule has 0 aromatic heterocycles. The second-order valence-corrected chi connectivity index (χ2v) is 5.05. The van der Waals surface area contributed by atoms with Crippen LogP contribution in [0.3, 0.4) is 0 Å². The van der Waals surface area contributed by atoms with Crippen molar-refractivity contribution in [1.82, 2.24) is 5.32 Å². The van der Waals surface area contributed by atoms with Gasteiger partial charge in [-0.1, -0.05) is 6.07 Å². The smallest absolute Gasteiger partial charge is 0.248 e. The lowest BCUT2D eigenvalue weighted by Crippen LogP contribution is -2.40. The molecule has 0 bridgehead atoms. The molecule has 0 aliphatic carbocycles. The molecule has 7 heteroatoms. The number of aryl methyl sites for hydroxylation is 1. The van der Waals surface area contributed by atoms with Crippen molar-refractivity contribution < 1.29 is 19.4 Å². The molecule has 0 aliphatic rings. The number of rotatable bonds is 7. The van der Waals surface area contributed by atoms with E-state index < -0.39 is 12.0 Å². The van der Waals surface area contributed by atoms with Gasteiger partial charge < -0.3 is 20.9 Å². The Kier molecular flexibility index (Phi) is 6.47. The van der Waals surface area contributed by atoms with Gasteiger partial charge in [0.25, 0.3) is 0 Å². The van der Waals surface area contributed by atoms with E-state index >= 15 is 0 Å². The van der Waals surface area contributed by atoms with Crippen LogP contribution < -0.4 is 15.8 Å². The van der Waals surface area contributed by atoms with Crippen molar-refractivity contribution in [3.63, 3.8) is 0 Å². The molecule has 1 atom stereocenters. The zero-order valence-corrected chi connectivity index (χ0v) is 12.6. The van der Waals surface area contributed by atoms with E-state index in [9.17, 15) is 9.59 Å². The molecule has 0 aliphatic heterocycles. The van der Waals surface area contributed by atoms with E-state index in [1.165, 1.54) is 0 Å². The maximum Gasteiger partial charge on any atom is 0.248 e. The average molecular weight is 345 g/mol. The Labute approximate surface area is 125 Å². The second-order valence-electron chi connectivity index (χ2n) is 4.19. The Hall–Kier alpha value is -1.60. The fraction of sp³-hybridized carbons (Fsp3) is 0.385. The van der Waals surface area contributed by atoms with Crippen LogP contribution in [0.25, 0.3) is 0 Å². The first-order valence-electron chi connectivity index (χ1n) is 6.00. The highest BCUT2D eigenvalue weighted by atomic mass is 79.9. The molecule has 2 amide bonds. The minimum Gasteiger partial charge on any atom is -0.496 e. The topological polar surface area (TPSA) is 102 Å². The molecule has 0 saturated heterocycles. The Morgan fingerprint density at radius 2 is 2.20 bits per heavy atom. The highest BCUT2D eigenvalue weighted by Crippen LogP contribution is 2.25. The predicted molar refractivity (Wildman–Crippen MR) is 77.2 cm³/mol. The van der Waals surface area contributed by atoms with Crippen LogP contribution in [0.2, 0.25) is 0 Å². The van der Waals surface area contributed by atoms with E-state index in [1.54, 1.807) is 7.11 Å². The van der Waals surface area contributed by atoms with Gasteiger partial charge in [-0.05, 0) is 40.0 Å². The van der Waals surface area contributed by atoms with Gasteiger partial charge in [-0.15, -0.1) is 0 Å². The van der Waals surface area contributed by atoms with E-state index in [2.05, 4.69) is 21.2 Å². The number of primary amides is 1. The number of halogens is 1. The Morgan fingerprint density at radius 3 is 2.75 bits per heavy atom. The van der Waals surface area contributed by atoms with Crippen LogP contribution in [0.5, 0.6) is 5.75 Å². The van der Waals surface area contributed by atoms with Crippen molar-refractivity contribution in [2.24, 2.45) is 5.73 Å². The molecule has 1 unspecified atom stereocenters. The lowest BCUT2D eigenvalue weighted by Gasteiger charge is -2.09. The van der Waals surface area contributed by atoms with Crippen LogP contribution >= 0.6 is 15.9 Å². The molecule has 0 heterocycles. The molecule has 6 nitrogen and oxygen atoms in total. The SMILES string of the molecule is COc1ccc(CCC(=O)NCC(O)C(N)=O)cc1Br. The summed E-state index contributed by atoms with van der Waals surface area (Å²) in [7, 11) is 1.58. The fourth-order valence-electron chi connectivity index (χ4n) is 1.52. The number of ether oxygens (including phenoxy) is 1. The molecule has 0 fully saturated rings. The zero-order chi connectivity index (χ0) is 15.1. The predicted octanol–water partition coefficient (Wildman–Crippen LogP) is 0.353. The third-order valence-electron chi connectivity index (χ3n) is 2.68. The van der Waals surface area contributed by atoms with Crippen LogP contribution in [0.1, 0.15) is 12.0 Å². The van der Waals surface area contributed by atoms with Crippen molar-refractivity contribution in [3.8, 4) is 5.75 Å². The summed E-state index contributed by atoms with van der Waals surface area (Å²) in [5.41, 5.74) is 5.85. The molecule has 1 rings (SSSR count). The first kappa shape index (κ1) is 16.5. The summed E-state index contributed by atoms with van der Waals surface area (Å²) in [4.78, 5) is 22.1. The Bertz CT molecular complexity index is 493. The first-order chi connectivity index (χ1) is 9.43. The van der Waals surface area contributed by atoms with E-state index in [-0.39, 0.29) is 18.9 Å². The molecule has 20 heavy (non-hydrogen) atoms. The van der Waals surface area contributed by atoms with Crippen molar-refractivity contribution in [3.05, 3.63) is 28.2 Å². The van der Waals surface area contributed by atoms with Gasteiger partial charge in [0.1, 0.15) is 11.9 Å². The van der Waals surface area contributed by atoms with Crippen LogP contribution in [0.15, 0.2) is 22.7 Å². The van der Waals surface area contributed by atoms with E-state index in [0.717, 1.165) is 15.8 Å². The number of benzene rings is 1. The van der Waals surface area contributed by atoms with Crippen LogP contribution in [0.4, 0.5) is 0 Å². The average Bonchev–Trinajstić information content (AvgIpc) is 2.42. The Balaban J connectivity index is 2.41. The third kappa shape index (κ3) is 5.18. The molecule has 4 N–H and O–H groups in total. The van der Waals surface area contributed by atoms with Crippen molar-refractivity contribution in [2.75, 3.05) is 13.7 Å². The summed E-state index contributed by atoms with van der Waals surface area (Å²) >= 11 is 3.37. The molecular formula is C13H17BrN2O4. The summed E-state index contributed by atoms with van der Waals surface area (Å²) in [6.45, 7) is -0.166. The van der Waals surface area contributed by atoms with Crippen molar-refractivity contribution in [1.29, 1.82) is 0 Å². The largest absolute Gasteiger partial charge is 0.496 e. The number of carbonyl (C=O) groups is 2. The van der Waals surface area contributed by atoms with Gasteiger partial charge in [0.15, 0.2) is 0 Å². The highest BCUT2D eigenvalue weighted by molar-refractivity contribution is 9.10. The summed E-state index contributed by atoms with van der Waals surface area (Å²) in [6, 6.07) is 5.56. The van der Waals surface area contributed by atoms with Crippen LogP contribution in [-0.4, -0.2) is 36.7 Å². The van der Waals surface area contributed by atoms with Crippen LogP contribution in [-0.2, 0) is 16.0 Å². The number of amides is 2. The number of carbonyl (C=O) groups excluding carboxylic acids is 2. The second kappa shape index (κ2) is 7.86. The zero-order valence-electron chi connectivity index (χ0n) is 11.1. The number of hydrogen-bond acceptors (Lipinski definition) is 4. The highest BCUT2D eigenvalue weighted by Gasteiger charge is 2.12. The monoisotopic (exact) mass is 344 g/mol. The minimum absolute atomic E-state index is 0.166. The van der Waals surface area contributed by atoms with Gasteiger partial charge >= 0.3 is 0 Å². The lowest BCUT2D eigenvalue weighted by atomic mass is 10.1. The molecule has 1 aromatic carbocycles. The number of hydrogen-bond donors (Lipinski definition) is 3. The molecule has 1 aromatic rings. The van der Waals surface area contributed by atoms with Crippen LogP contribution in [0, 0.1) is 0 Å². The van der Waals surface area contributed by atoms with Gasteiger partial charge in [-0.2, -0.15) is 0 Å². The molecule has 110 valence electrons. The summed E-state index contributed by atoms with van der Waals surface area (Å²) < 4.78 is 5.94. The normalized spacial score (nSPS) is 11.8. The van der Waals surface area contributed by atoms with Gasteiger partial charge in [0, 0.05) is 6.42 Å². The lowest BCUT2D eigenvalue weighted by molar-refractivity contribution is -0.127. The van der Waals surface area contributed by atoms with Gasteiger partial charge in [0.2, 0.25) is 11.8 Å². The summed E-state index contributed by atoms with van der Waals surface area (Å²) in [5.74, 6) is -0.385. The van der Waals surface area contributed by atoms with Crippen molar-refractivity contribution >= 4 is 27.7 Å². The fourth-order valence-corrected chi connectivity index (χ4v) is 2.11. The standard InChI is InChI=1S/C13H17BrN2O4/c1-20-11-4-2-8(6-9(11)14)3-5-12(18)16-7-10(17)13(15)19/h2,4,6,10,17H,3,5,7H2,1H3,(H2,15,19)(H,16,18). The molecular weight excluding hydrogens is 328 g/mol. The van der Waals surface area contributed by atoms with E-state index in [0.29, 0.717) is 6.42 Å². The minimum atomic E-state index is -1.35. The van der Waals surface area contributed by atoms with Gasteiger partial charge in [-0.3, -0.25) is 9.59 Å². The summed E-state index contributed by atoms with van der Waals surface area (Å²) in [6.07, 6.45) is -0.556. The third-order valence-corrected chi connectivity index (χ3v) is 3.30. The Morgan fingerprint density at radius 1 is 1.50 bits per heavy atom. The molecule has 0 saturated carbocycles. The number of nitrogens with one attached hydrogen (secondary N) is 1. The molecule has 0 radical (unpaired) electrons. The van der Waals surface area contributed by atoms with E-state index in [4.69, 9.17) is 15.6 Å². The summed E-state index contributed by atoms with van der Waals surface area (Å²) in [5, 5.41) is 11.6. The number of aliphatic hydroxyl groups excluding tert-OH is 1. The number of nitrogens with two attached hydrogens (primary N) is 1. The quantitative estimate of drug-likeness (QED) is 0.664. The van der Waals surface area contributed by atoms with Crippen molar-refractivity contribution in [2.45, 2.75) is 18.9 Å². The maximum absolute atomic E-state index is 11.5.